The minimum absolute atomic E-state index is 0.0959. The molecule has 0 atom stereocenters. The first-order valence-corrected chi connectivity index (χ1v) is 11.1. The predicted molar refractivity (Wildman–Crippen MR) is 109 cm³/mol. The first kappa shape index (κ1) is 25.4. The van der Waals surface area contributed by atoms with Crippen LogP contribution in [0.1, 0.15) is 104 Å². The van der Waals surface area contributed by atoms with Gasteiger partial charge >= 0.3 is 5.97 Å². The molecule has 0 aliphatic rings. The van der Waals surface area contributed by atoms with Gasteiger partial charge in [-0.25, -0.2) is 0 Å². The van der Waals surface area contributed by atoms with Gasteiger partial charge in [0.05, 0.1) is 19.8 Å². The molecule has 4 nitrogen and oxygen atoms in total. The average molecular weight is 373 g/mol. The molecule has 0 aromatic rings. The number of rotatable bonds is 21. The quantitative estimate of drug-likeness (QED) is 0.181. The average Bonchev–Trinajstić information content (AvgIpc) is 2.64. The SMILES string of the molecule is CCCCCCCCCCCCCCOC(=O)CCCOCCOCC. The highest BCUT2D eigenvalue weighted by atomic mass is 16.5. The van der Waals surface area contributed by atoms with Gasteiger partial charge in [-0.2, -0.15) is 0 Å². The Labute approximate surface area is 162 Å². The van der Waals surface area contributed by atoms with Gasteiger partial charge in [-0.1, -0.05) is 77.6 Å². The minimum Gasteiger partial charge on any atom is -0.466 e. The molecule has 0 spiro atoms. The summed E-state index contributed by atoms with van der Waals surface area (Å²) in [5.74, 6) is -0.0959. The molecular weight excluding hydrogens is 328 g/mol. The number of ether oxygens (including phenoxy) is 3. The molecule has 0 bridgehead atoms. The van der Waals surface area contributed by atoms with Crippen LogP contribution < -0.4 is 0 Å². The Morgan fingerprint density at radius 3 is 1.69 bits per heavy atom. The van der Waals surface area contributed by atoms with E-state index in [1.165, 1.54) is 70.6 Å². The number of hydrogen-bond acceptors (Lipinski definition) is 4. The summed E-state index contributed by atoms with van der Waals surface area (Å²) < 4.78 is 15.8. The molecule has 0 N–H and O–H groups in total. The molecule has 4 heteroatoms. The van der Waals surface area contributed by atoms with E-state index < -0.39 is 0 Å². The standard InChI is InChI=1S/C22H44O4/c1-3-5-6-7-8-9-10-11-12-13-14-15-19-26-22(23)17-16-18-25-21-20-24-4-2/h3-21H2,1-2H3. The molecule has 0 rings (SSSR count). The lowest BCUT2D eigenvalue weighted by Crippen LogP contribution is -2.09. The summed E-state index contributed by atoms with van der Waals surface area (Å²) in [6, 6.07) is 0. The van der Waals surface area contributed by atoms with Crippen molar-refractivity contribution in [2.24, 2.45) is 0 Å². The van der Waals surface area contributed by atoms with Crippen LogP contribution in [-0.4, -0.2) is 39.0 Å². The van der Waals surface area contributed by atoms with Crippen LogP contribution >= 0.6 is 0 Å². The van der Waals surface area contributed by atoms with Crippen LogP contribution in [0.5, 0.6) is 0 Å². The fraction of sp³-hybridized carbons (Fsp3) is 0.955. The van der Waals surface area contributed by atoms with Crippen LogP contribution in [0.3, 0.4) is 0 Å². The van der Waals surface area contributed by atoms with Crippen LogP contribution in [0.25, 0.3) is 0 Å². The molecular formula is C22H44O4. The number of esters is 1. The monoisotopic (exact) mass is 372 g/mol. The Bertz CT molecular complexity index is 281. The van der Waals surface area contributed by atoms with Gasteiger partial charge in [0.2, 0.25) is 0 Å². The topological polar surface area (TPSA) is 44.8 Å². The van der Waals surface area contributed by atoms with Crippen LogP contribution in [0.2, 0.25) is 0 Å². The molecule has 0 aromatic carbocycles. The maximum absolute atomic E-state index is 11.6. The summed E-state index contributed by atoms with van der Waals surface area (Å²) in [5.41, 5.74) is 0. The Hall–Kier alpha value is -0.610. The second-order valence-electron chi connectivity index (χ2n) is 7.02. The van der Waals surface area contributed by atoms with Gasteiger partial charge in [0.25, 0.3) is 0 Å². The van der Waals surface area contributed by atoms with Crippen molar-refractivity contribution in [1.82, 2.24) is 0 Å². The lowest BCUT2D eigenvalue weighted by atomic mass is 10.1. The second kappa shape index (κ2) is 22.4. The maximum atomic E-state index is 11.6. The van der Waals surface area contributed by atoms with Gasteiger partial charge < -0.3 is 14.2 Å². The summed E-state index contributed by atoms with van der Waals surface area (Å²) in [6.07, 6.45) is 17.0. The van der Waals surface area contributed by atoms with Gasteiger partial charge in [0.15, 0.2) is 0 Å². The fourth-order valence-electron chi connectivity index (χ4n) is 2.88. The number of hydrogen-bond donors (Lipinski definition) is 0. The van der Waals surface area contributed by atoms with Crippen LogP contribution in [0, 0.1) is 0 Å². The van der Waals surface area contributed by atoms with E-state index in [2.05, 4.69) is 6.92 Å². The van der Waals surface area contributed by atoms with E-state index in [1.54, 1.807) is 0 Å². The van der Waals surface area contributed by atoms with Crippen molar-refractivity contribution in [1.29, 1.82) is 0 Å². The van der Waals surface area contributed by atoms with E-state index in [4.69, 9.17) is 14.2 Å². The first-order chi connectivity index (χ1) is 12.8. The molecule has 0 aliphatic carbocycles. The van der Waals surface area contributed by atoms with E-state index in [-0.39, 0.29) is 5.97 Å². The lowest BCUT2D eigenvalue weighted by molar-refractivity contribution is -0.144. The Kier molecular flexibility index (Phi) is 21.9. The van der Waals surface area contributed by atoms with E-state index in [1.807, 2.05) is 6.92 Å². The van der Waals surface area contributed by atoms with Crippen molar-refractivity contribution in [3.8, 4) is 0 Å². The van der Waals surface area contributed by atoms with Crippen LogP contribution in [-0.2, 0) is 19.0 Å². The maximum Gasteiger partial charge on any atom is 0.305 e. The molecule has 0 fully saturated rings. The zero-order valence-corrected chi connectivity index (χ0v) is 17.6. The van der Waals surface area contributed by atoms with E-state index in [0.29, 0.717) is 32.8 Å². The lowest BCUT2D eigenvalue weighted by Gasteiger charge is -2.06. The summed E-state index contributed by atoms with van der Waals surface area (Å²) in [7, 11) is 0. The number of carbonyl (C=O) groups excluding carboxylic acids is 1. The molecule has 0 saturated carbocycles. The highest BCUT2D eigenvalue weighted by molar-refractivity contribution is 5.69. The first-order valence-electron chi connectivity index (χ1n) is 11.1. The van der Waals surface area contributed by atoms with Gasteiger partial charge in [-0.05, 0) is 19.8 Å². The molecule has 0 heterocycles. The normalized spacial score (nSPS) is 11.0. The fourth-order valence-corrected chi connectivity index (χ4v) is 2.88. The third kappa shape index (κ3) is 21.4. The van der Waals surface area contributed by atoms with Crippen molar-refractivity contribution < 1.29 is 19.0 Å². The largest absolute Gasteiger partial charge is 0.466 e. The third-order valence-corrected chi connectivity index (χ3v) is 4.51. The Morgan fingerprint density at radius 1 is 0.577 bits per heavy atom. The van der Waals surface area contributed by atoms with Gasteiger partial charge in [-0.15, -0.1) is 0 Å². The third-order valence-electron chi connectivity index (χ3n) is 4.51. The summed E-state index contributed by atoms with van der Waals surface area (Å²) in [4.78, 5) is 11.6. The molecule has 0 saturated heterocycles. The summed E-state index contributed by atoms with van der Waals surface area (Å²) >= 11 is 0. The predicted octanol–water partition coefficient (Wildman–Crippen LogP) is 6.06. The molecule has 156 valence electrons. The molecule has 0 aliphatic heterocycles. The van der Waals surface area contributed by atoms with Crippen molar-refractivity contribution in [2.75, 3.05) is 33.0 Å². The molecule has 0 amide bonds. The molecule has 26 heavy (non-hydrogen) atoms. The summed E-state index contributed by atoms with van der Waals surface area (Å²) in [6.45, 7) is 7.34. The highest BCUT2D eigenvalue weighted by Crippen LogP contribution is 2.12. The van der Waals surface area contributed by atoms with Crippen molar-refractivity contribution >= 4 is 5.97 Å². The number of carbonyl (C=O) groups is 1. The smallest absolute Gasteiger partial charge is 0.305 e. The van der Waals surface area contributed by atoms with Crippen molar-refractivity contribution in [2.45, 2.75) is 104 Å². The molecule has 0 radical (unpaired) electrons. The van der Waals surface area contributed by atoms with Crippen LogP contribution in [0.15, 0.2) is 0 Å². The van der Waals surface area contributed by atoms with Crippen molar-refractivity contribution in [3.63, 3.8) is 0 Å². The van der Waals surface area contributed by atoms with Crippen molar-refractivity contribution in [3.05, 3.63) is 0 Å². The zero-order valence-electron chi connectivity index (χ0n) is 17.6. The van der Waals surface area contributed by atoms with Gasteiger partial charge in [0, 0.05) is 19.6 Å². The van der Waals surface area contributed by atoms with Crippen LogP contribution in [0.4, 0.5) is 0 Å². The second-order valence-corrected chi connectivity index (χ2v) is 7.02. The Morgan fingerprint density at radius 2 is 1.12 bits per heavy atom. The summed E-state index contributed by atoms with van der Waals surface area (Å²) in [5, 5.41) is 0. The molecule has 0 aromatic heterocycles. The van der Waals surface area contributed by atoms with E-state index in [0.717, 1.165) is 19.4 Å². The van der Waals surface area contributed by atoms with Gasteiger partial charge in [0.1, 0.15) is 0 Å². The number of unbranched alkanes of at least 4 members (excludes halogenated alkanes) is 11. The molecule has 0 unspecified atom stereocenters. The zero-order chi connectivity index (χ0) is 19.1. The highest BCUT2D eigenvalue weighted by Gasteiger charge is 2.02. The van der Waals surface area contributed by atoms with E-state index >= 15 is 0 Å². The van der Waals surface area contributed by atoms with E-state index in [9.17, 15) is 4.79 Å². The Balaban J connectivity index is 3.12. The minimum atomic E-state index is -0.0959. The van der Waals surface area contributed by atoms with Gasteiger partial charge in [-0.3, -0.25) is 4.79 Å².